The van der Waals surface area contributed by atoms with Crippen LogP contribution in [-0.2, 0) is 0 Å². The molecule has 3 nitrogen and oxygen atoms in total. The van der Waals surface area contributed by atoms with Gasteiger partial charge >= 0.3 is 0 Å². The van der Waals surface area contributed by atoms with Crippen molar-refractivity contribution >= 4 is 75.1 Å². The van der Waals surface area contributed by atoms with Gasteiger partial charge in [-0.15, -0.1) is 11.3 Å². The molecule has 0 aliphatic rings. The van der Waals surface area contributed by atoms with Gasteiger partial charge in [-0.25, -0.2) is 4.98 Å². The molecule has 4 heterocycles. The Morgan fingerprint density at radius 2 is 0.825 bits per heavy atom. The van der Waals surface area contributed by atoms with Crippen molar-refractivity contribution in [3.05, 3.63) is 200 Å². The molecule has 0 radical (unpaired) electrons. The van der Waals surface area contributed by atoms with Crippen molar-refractivity contribution in [2.75, 3.05) is 0 Å². The third kappa shape index (κ3) is 4.88. The van der Waals surface area contributed by atoms with Gasteiger partial charge in [0.25, 0.3) is 0 Å². The van der Waals surface area contributed by atoms with Crippen LogP contribution in [0, 0.1) is 0 Å². The van der Waals surface area contributed by atoms with Crippen LogP contribution < -0.4 is 0 Å². The van der Waals surface area contributed by atoms with Gasteiger partial charge in [0, 0.05) is 64.2 Å². The minimum Gasteiger partial charge on any atom is -0.307 e. The van der Waals surface area contributed by atoms with Gasteiger partial charge in [-0.1, -0.05) is 146 Å². The van der Waals surface area contributed by atoms with E-state index in [-0.39, 0.29) is 0 Å². The largest absolute Gasteiger partial charge is 0.307 e. The fourth-order valence-corrected chi connectivity index (χ4v) is 10.3. The maximum Gasteiger partial charge on any atom is 0.0803 e. The summed E-state index contributed by atoms with van der Waals surface area (Å²) >= 11 is 1.91. The lowest BCUT2D eigenvalue weighted by molar-refractivity contribution is 1.15. The van der Waals surface area contributed by atoms with E-state index in [1.807, 2.05) is 11.3 Å². The van der Waals surface area contributed by atoms with Crippen molar-refractivity contribution in [1.29, 1.82) is 0 Å². The van der Waals surface area contributed by atoms with E-state index < -0.39 is 0 Å². The molecule has 8 aromatic carbocycles. The monoisotopic (exact) mass is 743 g/mol. The number of pyridine rings is 1. The summed E-state index contributed by atoms with van der Waals surface area (Å²) in [6, 6.07) is 72.1. The lowest BCUT2D eigenvalue weighted by Gasteiger charge is -2.14. The highest BCUT2D eigenvalue weighted by Gasteiger charge is 2.26. The van der Waals surface area contributed by atoms with E-state index in [0.717, 1.165) is 39.5 Å². The molecule has 4 aromatic heterocycles. The normalized spacial score (nSPS) is 11.9. The van der Waals surface area contributed by atoms with Crippen LogP contribution in [0.5, 0.6) is 0 Å². The molecular formula is C53H33N3S. The quantitative estimate of drug-likeness (QED) is 0.172. The first kappa shape index (κ1) is 32.0. The molecule has 0 aliphatic carbocycles. The number of rotatable bonds is 5. The standard InChI is InChI=1S/C53H33N3S/c1-4-16-34(17-5-1)37-32-43(35-18-6-2-7-19-35)54-44(33-37)36-28-30-39(31-29-36)56-46-26-14-11-23-41(46)50-52(56)51-48(49-42-24-12-15-27-47(42)57-53(49)50)40-22-10-13-25-45(40)55(51)38-20-8-3-9-21-38/h1-33H. The second kappa shape index (κ2) is 12.6. The fraction of sp³-hybridized carbons (Fsp3) is 0. The Labute approximate surface area is 333 Å². The van der Waals surface area contributed by atoms with Gasteiger partial charge in [0.1, 0.15) is 0 Å². The molecule has 0 spiro atoms. The number of hydrogen-bond acceptors (Lipinski definition) is 2. The Morgan fingerprint density at radius 1 is 0.351 bits per heavy atom. The van der Waals surface area contributed by atoms with Gasteiger partial charge in [0.2, 0.25) is 0 Å². The fourth-order valence-electron chi connectivity index (χ4n) is 9.01. The van der Waals surface area contributed by atoms with Crippen molar-refractivity contribution in [3.8, 4) is 45.0 Å². The second-order valence-corrected chi connectivity index (χ2v) is 15.7. The van der Waals surface area contributed by atoms with Crippen LogP contribution in [0.2, 0.25) is 0 Å². The van der Waals surface area contributed by atoms with E-state index in [1.54, 1.807) is 0 Å². The SMILES string of the molecule is c1ccc(-c2cc(-c3ccccc3)nc(-c3ccc(-n4c5ccccc5c5c6sc7ccccc7c6c6c7ccccc7n(-c7ccccc7)c6c54)cc3)c2)cc1. The van der Waals surface area contributed by atoms with E-state index in [9.17, 15) is 0 Å². The molecule has 0 bridgehead atoms. The van der Waals surface area contributed by atoms with Crippen LogP contribution in [0.3, 0.4) is 0 Å². The highest BCUT2D eigenvalue weighted by Crippen LogP contribution is 2.51. The zero-order valence-corrected chi connectivity index (χ0v) is 31.6. The number of thiophene rings is 1. The number of fused-ring (bicyclic) bond motifs is 12. The van der Waals surface area contributed by atoms with Crippen molar-refractivity contribution in [2.45, 2.75) is 0 Å². The molecule has 266 valence electrons. The summed E-state index contributed by atoms with van der Waals surface area (Å²) < 4.78 is 7.63. The first-order chi connectivity index (χ1) is 28.3. The van der Waals surface area contributed by atoms with Crippen LogP contribution in [0.25, 0.3) is 109 Å². The molecule has 4 heteroatoms. The highest BCUT2D eigenvalue weighted by molar-refractivity contribution is 7.27. The smallest absolute Gasteiger partial charge is 0.0803 e. The predicted octanol–water partition coefficient (Wildman–Crippen LogP) is 14.6. The first-order valence-corrected chi connectivity index (χ1v) is 20.2. The summed E-state index contributed by atoms with van der Waals surface area (Å²) in [6.07, 6.45) is 0. The Bertz CT molecular complexity index is 3430. The number of aromatic nitrogens is 3. The molecular weight excluding hydrogens is 711 g/mol. The number of hydrogen-bond donors (Lipinski definition) is 0. The van der Waals surface area contributed by atoms with Crippen LogP contribution in [0.1, 0.15) is 0 Å². The summed E-state index contributed by atoms with van der Waals surface area (Å²) in [7, 11) is 0. The zero-order chi connectivity index (χ0) is 37.5. The van der Waals surface area contributed by atoms with E-state index in [4.69, 9.17) is 4.98 Å². The van der Waals surface area contributed by atoms with Crippen molar-refractivity contribution < 1.29 is 0 Å². The van der Waals surface area contributed by atoms with Gasteiger partial charge < -0.3 is 9.13 Å². The average Bonchev–Trinajstić information content (AvgIpc) is 3.95. The van der Waals surface area contributed by atoms with Crippen LogP contribution in [-0.4, -0.2) is 14.1 Å². The van der Waals surface area contributed by atoms with Crippen molar-refractivity contribution in [2.24, 2.45) is 0 Å². The maximum absolute atomic E-state index is 5.25. The molecule has 12 rings (SSSR count). The Morgan fingerprint density at radius 3 is 1.47 bits per heavy atom. The van der Waals surface area contributed by atoms with Crippen molar-refractivity contribution in [3.63, 3.8) is 0 Å². The van der Waals surface area contributed by atoms with Gasteiger partial charge in [0.15, 0.2) is 0 Å². The molecule has 57 heavy (non-hydrogen) atoms. The molecule has 0 saturated carbocycles. The lowest BCUT2D eigenvalue weighted by atomic mass is 10.00. The van der Waals surface area contributed by atoms with Crippen LogP contribution >= 0.6 is 11.3 Å². The Kier molecular flexibility index (Phi) is 7.10. The van der Waals surface area contributed by atoms with Gasteiger partial charge in [-0.2, -0.15) is 0 Å². The first-order valence-electron chi connectivity index (χ1n) is 19.4. The summed E-state index contributed by atoms with van der Waals surface area (Å²) in [5.74, 6) is 0. The molecule has 0 aliphatic heterocycles. The number of nitrogens with zero attached hydrogens (tertiary/aromatic N) is 3. The van der Waals surface area contributed by atoms with E-state index in [1.165, 1.54) is 69.3 Å². The van der Waals surface area contributed by atoms with Gasteiger partial charge in [-0.05, 0) is 65.7 Å². The third-order valence-corrected chi connectivity index (χ3v) is 12.7. The van der Waals surface area contributed by atoms with Crippen molar-refractivity contribution in [1.82, 2.24) is 14.1 Å². The lowest BCUT2D eigenvalue weighted by Crippen LogP contribution is -1.99. The second-order valence-electron chi connectivity index (χ2n) is 14.7. The molecule has 0 fully saturated rings. The topological polar surface area (TPSA) is 22.8 Å². The van der Waals surface area contributed by atoms with Crippen LogP contribution in [0.4, 0.5) is 0 Å². The van der Waals surface area contributed by atoms with E-state index in [2.05, 4.69) is 209 Å². The maximum atomic E-state index is 5.25. The molecule has 0 saturated heterocycles. The summed E-state index contributed by atoms with van der Waals surface area (Å²) in [5.41, 5.74) is 13.5. The molecule has 0 unspecified atom stereocenters. The van der Waals surface area contributed by atoms with Crippen LogP contribution in [0.15, 0.2) is 200 Å². The van der Waals surface area contributed by atoms with Gasteiger partial charge in [0.05, 0.1) is 33.5 Å². The summed E-state index contributed by atoms with van der Waals surface area (Å²) in [4.78, 5) is 5.25. The minimum absolute atomic E-state index is 0.947. The average molecular weight is 744 g/mol. The minimum atomic E-state index is 0.947. The number of benzene rings is 8. The summed E-state index contributed by atoms with van der Waals surface area (Å²) in [5, 5.41) is 7.75. The zero-order valence-electron chi connectivity index (χ0n) is 30.8. The molecule has 12 aromatic rings. The number of para-hydroxylation sites is 3. The highest BCUT2D eigenvalue weighted by atomic mass is 32.1. The molecule has 0 atom stereocenters. The van der Waals surface area contributed by atoms with Gasteiger partial charge in [-0.3, -0.25) is 0 Å². The van der Waals surface area contributed by atoms with E-state index >= 15 is 0 Å². The van der Waals surface area contributed by atoms with E-state index in [0.29, 0.717) is 0 Å². The molecule has 0 N–H and O–H groups in total. The summed E-state index contributed by atoms with van der Waals surface area (Å²) in [6.45, 7) is 0. The Balaban J connectivity index is 1.17. The Hall–Kier alpha value is -7.27. The third-order valence-electron chi connectivity index (χ3n) is 11.5. The molecule has 0 amide bonds. The predicted molar refractivity (Wildman–Crippen MR) is 242 cm³/mol.